The first-order valence-corrected chi connectivity index (χ1v) is 8.64. The van der Waals surface area contributed by atoms with Crippen molar-refractivity contribution < 1.29 is 24.2 Å². The number of carbonyl (C=O) groups excluding carboxylic acids is 1. The number of hydrogen-bond donors (Lipinski definition) is 1. The Morgan fingerprint density at radius 3 is 2.72 bits per heavy atom. The number of carboxylic acid groups (broad SMARTS) is 1. The third kappa shape index (κ3) is 4.72. The van der Waals surface area contributed by atoms with Gasteiger partial charge in [0.1, 0.15) is 5.75 Å². The van der Waals surface area contributed by atoms with Gasteiger partial charge in [-0.25, -0.2) is 0 Å². The van der Waals surface area contributed by atoms with Crippen molar-refractivity contribution in [3.05, 3.63) is 29.8 Å². The van der Waals surface area contributed by atoms with Crippen LogP contribution in [-0.4, -0.2) is 55.8 Å². The van der Waals surface area contributed by atoms with Crippen molar-refractivity contribution >= 4 is 11.9 Å². The van der Waals surface area contributed by atoms with E-state index >= 15 is 0 Å². The van der Waals surface area contributed by atoms with Gasteiger partial charge < -0.3 is 19.5 Å². The molecule has 0 unspecified atom stereocenters. The second kappa shape index (κ2) is 8.85. The Bertz CT molecular complexity index is 603. The second-order valence-electron chi connectivity index (χ2n) is 6.56. The summed E-state index contributed by atoms with van der Waals surface area (Å²) < 4.78 is 10.4. The van der Waals surface area contributed by atoms with Crippen molar-refractivity contribution in [1.82, 2.24) is 4.90 Å². The fourth-order valence-electron chi connectivity index (χ4n) is 3.44. The Balaban J connectivity index is 2.00. The number of nitrogens with zero attached hydrogens (tertiary/aromatic N) is 1. The van der Waals surface area contributed by atoms with Crippen molar-refractivity contribution in [2.24, 2.45) is 5.41 Å². The van der Waals surface area contributed by atoms with E-state index < -0.39 is 11.4 Å². The first-order valence-electron chi connectivity index (χ1n) is 8.64. The van der Waals surface area contributed by atoms with Gasteiger partial charge in [0.2, 0.25) is 5.91 Å². The number of hydrogen-bond acceptors (Lipinski definition) is 4. The monoisotopic (exact) mass is 349 g/mol. The fraction of sp³-hybridized carbons (Fsp3) is 0.579. The molecule has 1 heterocycles. The van der Waals surface area contributed by atoms with Gasteiger partial charge in [0, 0.05) is 33.2 Å². The maximum Gasteiger partial charge on any atom is 0.311 e. The van der Waals surface area contributed by atoms with Gasteiger partial charge in [0.05, 0.1) is 12.5 Å². The van der Waals surface area contributed by atoms with Crippen LogP contribution in [0.15, 0.2) is 24.3 Å². The molecule has 0 aromatic heterocycles. The van der Waals surface area contributed by atoms with Gasteiger partial charge >= 0.3 is 5.97 Å². The Labute approximate surface area is 148 Å². The van der Waals surface area contributed by atoms with Gasteiger partial charge in [-0.1, -0.05) is 18.2 Å². The Morgan fingerprint density at radius 2 is 2.04 bits per heavy atom. The number of carboxylic acids is 1. The van der Waals surface area contributed by atoms with Crippen LogP contribution in [0.2, 0.25) is 0 Å². The van der Waals surface area contributed by atoms with E-state index in [0.717, 1.165) is 11.3 Å². The quantitative estimate of drug-likeness (QED) is 0.780. The summed E-state index contributed by atoms with van der Waals surface area (Å²) in [6.07, 6.45) is 2.64. The number of aliphatic carboxylic acids is 1. The van der Waals surface area contributed by atoms with Crippen LogP contribution >= 0.6 is 0 Å². The Kier molecular flexibility index (Phi) is 6.82. The van der Waals surface area contributed by atoms with Crippen molar-refractivity contribution in [2.45, 2.75) is 32.1 Å². The fourth-order valence-corrected chi connectivity index (χ4v) is 3.44. The molecule has 1 aromatic carbocycles. The molecule has 1 amide bonds. The van der Waals surface area contributed by atoms with Gasteiger partial charge in [-0.3, -0.25) is 9.59 Å². The number of piperidine rings is 1. The van der Waals surface area contributed by atoms with Gasteiger partial charge in [0.15, 0.2) is 0 Å². The number of carbonyl (C=O) groups is 2. The number of benzene rings is 1. The molecule has 0 spiro atoms. The molecule has 138 valence electrons. The van der Waals surface area contributed by atoms with Crippen molar-refractivity contribution in [3.63, 3.8) is 0 Å². The number of amides is 1. The van der Waals surface area contributed by atoms with Gasteiger partial charge in [0.25, 0.3) is 0 Å². The van der Waals surface area contributed by atoms with E-state index in [1.807, 2.05) is 24.3 Å². The number of rotatable bonds is 8. The van der Waals surface area contributed by atoms with E-state index in [-0.39, 0.29) is 12.5 Å². The molecule has 0 radical (unpaired) electrons. The van der Waals surface area contributed by atoms with Crippen LogP contribution in [0, 0.1) is 5.41 Å². The Hall–Kier alpha value is -2.08. The van der Waals surface area contributed by atoms with E-state index in [4.69, 9.17) is 9.47 Å². The molecule has 0 saturated carbocycles. The minimum absolute atomic E-state index is 0.00588. The third-order valence-electron chi connectivity index (χ3n) is 4.97. The summed E-state index contributed by atoms with van der Waals surface area (Å²) in [5, 5.41) is 9.68. The molecule has 6 nitrogen and oxygen atoms in total. The van der Waals surface area contributed by atoms with E-state index in [0.29, 0.717) is 45.3 Å². The van der Waals surface area contributed by atoms with Crippen LogP contribution in [0.5, 0.6) is 5.75 Å². The van der Waals surface area contributed by atoms with Gasteiger partial charge in [-0.05, 0) is 37.3 Å². The number of methoxy groups -OCH3 is 2. The predicted molar refractivity (Wildman–Crippen MR) is 93.7 cm³/mol. The topological polar surface area (TPSA) is 76.1 Å². The zero-order valence-electron chi connectivity index (χ0n) is 15.0. The highest BCUT2D eigenvalue weighted by molar-refractivity contribution is 5.80. The molecule has 1 atom stereocenters. The van der Waals surface area contributed by atoms with E-state index in [9.17, 15) is 14.7 Å². The summed E-state index contributed by atoms with van der Waals surface area (Å²) in [5.41, 5.74) is 0.0909. The average molecular weight is 349 g/mol. The predicted octanol–water partition coefficient (Wildman–Crippen LogP) is 2.36. The van der Waals surface area contributed by atoms with Crippen LogP contribution in [0.25, 0.3) is 0 Å². The molecule has 25 heavy (non-hydrogen) atoms. The van der Waals surface area contributed by atoms with Gasteiger partial charge in [-0.15, -0.1) is 0 Å². The second-order valence-corrected chi connectivity index (χ2v) is 6.56. The standard InChI is InChI=1S/C19H27NO5/c1-24-13-11-19(18(22)23)10-5-12-20(14-19)17(21)9-8-15-6-3-4-7-16(15)25-2/h3-4,6-7H,5,8-14H2,1-2H3,(H,22,23)/t19-/m1/s1. The molecular weight excluding hydrogens is 322 g/mol. The lowest BCUT2D eigenvalue weighted by Gasteiger charge is -2.40. The van der Waals surface area contributed by atoms with Crippen LogP contribution in [0.1, 0.15) is 31.2 Å². The largest absolute Gasteiger partial charge is 0.496 e. The highest BCUT2D eigenvalue weighted by Gasteiger charge is 2.43. The lowest BCUT2D eigenvalue weighted by Crippen LogP contribution is -2.50. The van der Waals surface area contributed by atoms with Crippen molar-refractivity contribution in [3.8, 4) is 5.75 Å². The van der Waals surface area contributed by atoms with Crippen LogP contribution in [0.3, 0.4) is 0 Å². The maximum absolute atomic E-state index is 12.6. The SMILES string of the molecule is COCC[C@]1(C(=O)O)CCCN(C(=O)CCc2ccccc2OC)C1. The minimum Gasteiger partial charge on any atom is -0.496 e. The summed E-state index contributed by atoms with van der Waals surface area (Å²) in [5.74, 6) is -0.0747. The van der Waals surface area contributed by atoms with E-state index in [2.05, 4.69) is 0 Å². The van der Waals surface area contributed by atoms with Crippen LogP contribution in [0.4, 0.5) is 0 Å². The van der Waals surface area contributed by atoms with Crippen molar-refractivity contribution in [1.29, 1.82) is 0 Å². The number of ether oxygens (including phenoxy) is 2. The van der Waals surface area contributed by atoms with Crippen LogP contribution < -0.4 is 4.74 Å². The first kappa shape index (κ1) is 19.2. The zero-order chi connectivity index (χ0) is 18.3. The van der Waals surface area contributed by atoms with Crippen LogP contribution in [-0.2, 0) is 20.7 Å². The molecule has 0 bridgehead atoms. The molecule has 1 aliphatic heterocycles. The number of para-hydroxylation sites is 1. The molecular formula is C19H27NO5. The summed E-state index contributed by atoms with van der Waals surface area (Å²) in [4.78, 5) is 26.1. The molecule has 2 rings (SSSR count). The third-order valence-corrected chi connectivity index (χ3v) is 4.97. The lowest BCUT2D eigenvalue weighted by atomic mass is 9.77. The summed E-state index contributed by atoms with van der Waals surface area (Å²) in [6.45, 7) is 1.26. The van der Waals surface area contributed by atoms with Crippen molar-refractivity contribution in [2.75, 3.05) is 33.9 Å². The Morgan fingerprint density at radius 1 is 1.28 bits per heavy atom. The molecule has 0 aliphatic carbocycles. The van der Waals surface area contributed by atoms with Gasteiger partial charge in [-0.2, -0.15) is 0 Å². The minimum atomic E-state index is -0.894. The molecule has 1 saturated heterocycles. The molecule has 1 N–H and O–H groups in total. The zero-order valence-corrected chi connectivity index (χ0v) is 15.0. The first-order chi connectivity index (χ1) is 12.0. The summed E-state index contributed by atoms with van der Waals surface area (Å²) in [6, 6.07) is 7.64. The normalized spacial score (nSPS) is 20.3. The number of aryl methyl sites for hydroxylation is 1. The molecule has 6 heteroatoms. The molecule has 1 aromatic rings. The lowest BCUT2D eigenvalue weighted by molar-refractivity contribution is -0.156. The number of likely N-dealkylation sites (tertiary alicyclic amines) is 1. The maximum atomic E-state index is 12.6. The summed E-state index contributed by atoms with van der Waals surface area (Å²) >= 11 is 0. The van der Waals surface area contributed by atoms with E-state index in [1.54, 1.807) is 19.1 Å². The average Bonchev–Trinajstić information content (AvgIpc) is 2.64. The highest BCUT2D eigenvalue weighted by atomic mass is 16.5. The molecule has 1 fully saturated rings. The highest BCUT2D eigenvalue weighted by Crippen LogP contribution is 2.34. The summed E-state index contributed by atoms with van der Waals surface area (Å²) in [7, 11) is 3.18. The van der Waals surface area contributed by atoms with E-state index in [1.165, 1.54) is 0 Å². The molecule has 1 aliphatic rings. The smallest absolute Gasteiger partial charge is 0.311 e.